The first-order chi connectivity index (χ1) is 11.7. The maximum atomic E-state index is 12.0. The molecular weight excluding hydrogens is 340 g/mol. The SMILES string of the molecule is C=N/C(Cl)=C\C(Nc1cccc(C(C)(C)C#N)n1)=C(/C)C(=O)OCC. The monoisotopic (exact) mass is 360 g/mol. The molecule has 0 unspecified atom stereocenters. The van der Waals surface area contributed by atoms with Gasteiger partial charge in [-0.15, -0.1) is 0 Å². The second kappa shape index (κ2) is 9.00. The predicted molar refractivity (Wildman–Crippen MR) is 99.3 cm³/mol. The van der Waals surface area contributed by atoms with E-state index in [0.717, 1.165) is 0 Å². The number of ether oxygens (including phenoxy) is 1. The fraction of sp³-hybridized carbons (Fsp3) is 0.333. The average Bonchev–Trinajstić information content (AvgIpc) is 2.60. The maximum Gasteiger partial charge on any atom is 0.335 e. The third kappa shape index (κ3) is 5.73. The summed E-state index contributed by atoms with van der Waals surface area (Å²) in [4.78, 5) is 20.1. The van der Waals surface area contributed by atoms with E-state index in [9.17, 15) is 10.1 Å². The molecule has 0 atom stereocenters. The van der Waals surface area contributed by atoms with E-state index in [1.54, 1.807) is 45.9 Å². The molecule has 0 aliphatic rings. The molecule has 0 fully saturated rings. The maximum absolute atomic E-state index is 12.0. The van der Waals surface area contributed by atoms with Crippen molar-refractivity contribution >= 4 is 30.1 Å². The van der Waals surface area contributed by atoms with Crippen molar-refractivity contribution in [2.24, 2.45) is 4.99 Å². The molecule has 0 aromatic carbocycles. The van der Waals surface area contributed by atoms with Crippen molar-refractivity contribution in [2.45, 2.75) is 33.1 Å². The number of pyridine rings is 1. The Labute approximate surface area is 152 Å². The Morgan fingerprint density at radius 3 is 2.80 bits per heavy atom. The van der Waals surface area contributed by atoms with E-state index in [4.69, 9.17) is 16.3 Å². The van der Waals surface area contributed by atoms with Gasteiger partial charge in [0.05, 0.1) is 35.1 Å². The van der Waals surface area contributed by atoms with Gasteiger partial charge in [0.1, 0.15) is 11.0 Å². The Morgan fingerprint density at radius 1 is 1.56 bits per heavy atom. The van der Waals surface area contributed by atoms with Gasteiger partial charge in [-0.05, 0) is 52.6 Å². The number of nitrogens with zero attached hydrogens (tertiary/aromatic N) is 3. The van der Waals surface area contributed by atoms with Gasteiger partial charge in [-0.3, -0.25) is 4.99 Å². The first-order valence-electron chi connectivity index (χ1n) is 7.63. The van der Waals surface area contributed by atoms with Crippen LogP contribution in [0.15, 0.2) is 45.7 Å². The van der Waals surface area contributed by atoms with Crippen molar-refractivity contribution in [3.8, 4) is 6.07 Å². The highest BCUT2D eigenvalue weighted by atomic mass is 35.5. The zero-order chi connectivity index (χ0) is 19.0. The number of hydrogen-bond donors (Lipinski definition) is 1. The van der Waals surface area contributed by atoms with Crippen LogP contribution in [-0.4, -0.2) is 24.3 Å². The molecule has 0 aliphatic carbocycles. The number of nitriles is 1. The molecule has 132 valence electrons. The summed E-state index contributed by atoms with van der Waals surface area (Å²) >= 11 is 5.92. The van der Waals surface area contributed by atoms with Gasteiger partial charge in [-0.25, -0.2) is 9.78 Å². The summed E-state index contributed by atoms with van der Waals surface area (Å²) in [7, 11) is 0. The van der Waals surface area contributed by atoms with Crippen molar-refractivity contribution in [1.82, 2.24) is 4.98 Å². The van der Waals surface area contributed by atoms with E-state index in [1.165, 1.54) is 6.08 Å². The van der Waals surface area contributed by atoms with Crippen LogP contribution in [0.3, 0.4) is 0 Å². The first-order valence-corrected chi connectivity index (χ1v) is 8.00. The van der Waals surface area contributed by atoms with Gasteiger partial charge in [-0.2, -0.15) is 5.26 Å². The van der Waals surface area contributed by atoms with Gasteiger partial charge in [-0.1, -0.05) is 17.7 Å². The van der Waals surface area contributed by atoms with Crippen LogP contribution in [-0.2, 0) is 14.9 Å². The minimum Gasteiger partial charge on any atom is -0.463 e. The summed E-state index contributed by atoms with van der Waals surface area (Å²) in [5.41, 5.74) is 0.559. The van der Waals surface area contributed by atoms with Crippen molar-refractivity contribution in [3.63, 3.8) is 0 Å². The standard InChI is InChI=1S/C18H21ClN4O2/c1-6-25-17(24)12(2)13(10-15(19)21-5)22-16-9-7-8-14(23-16)18(3,4)11-20/h7-10H,5-6H2,1-4H3,(H,22,23)/b13-12-,15-10-. The summed E-state index contributed by atoms with van der Waals surface area (Å²) in [5, 5.41) is 12.4. The van der Waals surface area contributed by atoms with E-state index in [0.29, 0.717) is 22.8 Å². The molecule has 7 heteroatoms. The lowest BCUT2D eigenvalue weighted by molar-refractivity contribution is -0.138. The van der Waals surface area contributed by atoms with Crippen LogP contribution in [0, 0.1) is 11.3 Å². The minimum atomic E-state index is -0.742. The van der Waals surface area contributed by atoms with E-state index in [2.05, 4.69) is 28.1 Å². The number of halogens is 1. The second-order valence-corrected chi connectivity index (χ2v) is 6.04. The molecule has 0 spiro atoms. The molecule has 25 heavy (non-hydrogen) atoms. The third-order valence-electron chi connectivity index (χ3n) is 3.33. The second-order valence-electron chi connectivity index (χ2n) is 5.65. The summed E-state index contributed by atoms with van der Waals surface area (Å²) in [6, 6.07) is 7.47. The van der Waals surface area contributed by atoms with Crippen LogP contribution in [0.1, 0.15) is 33.4 Å². The highest BCUT2D eigenvalue weighted by Gasteiger charge is 2.22. The van der Waals surface area contributed by atoms with Crippen LogP contribution in [0.4, 0.5) is 5.82 Å². The quantitative estimate of drug-likeness (QED) is 0.262. The number of hydrogen-bond acceptors (Lipinski definition) is 6. The van der Waals surface area contributed by atoms with Crippen LogP contribution in [0.25, 0.3) is 0 Å². The number of esters is 1. The van der Waals surface area contributed by atoms with E-state index in [1.807, 2.05) is 0 Å². The van der Waals surface area contributed by atoms with Crippen molar-refractivity contribution in [1.29, 1.82) is 5.26 Å². The predicted octanol–water partition coefficient (Wildman–Crippen LogP) is 3.91. The number of anilines is 1. The zero-order valence-electron chi connectivity index (χ0n) is 14.8. The highest BCUT2D eigenvalue weighted by molar-refractivity contribution is 6.29. The Bertz CT molecular complexity index is 761. The molecular formula is C18H21ClN4O2. The molecule has 1 heterocycles. The van der Waals surface area contributed by atoms with Crippen molar-refractivity contribution < 1.29 is 9.53 Å². The summed E-state index contributed by atoms with van der Waals surface area (Å²) < 4.78 is 5.01. The van der Waals surface area contributed by atoms with Gasteiger partial charge in [0.25, 0.3) is 0 Å². The lowest BCUT2D eigenvalue weighted by atomic mass is 9.91. The smallest absolute Gasteiger partial charge is 0.335 e. The van der Waals surface area contributed by atoms with E-state index < -0.39 is 11.4 Å². The van der Waals surface area contributed by atoms with E-state index in [-0.39, 0.29) is 11.8 Å². The number of aromatic nitrogens is 1. The third-order valence-corrected chi connectivity index (χ3v) is 3.56. The molecule has 0 bridgehead atoms. The van der Waals surface area contributed by atoms with Crippen LogP contribution >= 0.6 is 11.6 Å². The average molecular weight is 361 g/mol. The van der Waals surface area contributed by atoms with Crippen molar-refractivity contribution in [2.75, 3.05) is 11.9 Å². The molecule has 1 aromatic rings. The van der Waals surface area contributed by atoms with Crippen LogP contribution in [0.5, 0.6) is 0 Å². The first kappa shape index (κ1) is 20.4. The van der Waals surface area contributed by atoms with Gasteiger partial charge in [0.2, 0.25) is 0 Å². The van der Waals surface area contributed by atoms with Gasteiger partial charge >= 0.3 is 5.97 Å². The van der Waals surface area contributed by atoms with Crippen molar-refractivity contribution in [3.05, 3.63) is 46.4 Å². The summed E-state index contributed by atoms with van der Waals surface area (Å²) in [5.74, 6) is -0.0208. The molecule has 6 nitrogen and oxygen atoms in total. The number of rotatable bonds is 7. The Kier molecular flexibility index (Phi) is 7.34. The van der Waals surface area contributed by atoms with Gasteiger partial charge in [0, 0.05) is 0 Å². The molecule has 0 aliphatic heterocycles. The van der Waals surface area contributed by atoms with Crippen LogP contribution in [0.2, 0.25) is 0 Å². The lowest BCUT2D eigenvalue weighted by Crippen LogP contribution is -2.17. The van der Waals surface area contributed by atoms with Gasteiger partial charge in [0.15, 0.2) is 0 Å². The highest BCUT2D eigenvalue weighted by Crippen LogP contribution is 2.23. The molecule has 0 radical (unpaired) electrons. The number of carbonyl (C=O) groups excluding carboxylic acids is 1. The number of aliphatic imine (C=N–C) groups is 1. The number of allylic oxidation sites excluding steroid dienone is 1. The fourth-order valence-corrected chi connectivity index (χ4v) is 1.91. The van der Waals surface area contributed by atoms with Gasteiger partial charge < -0.3 is 10.1 Å². The molecule has 1 N–H and O–H groups in total. The summed E-state index contributed by atoms with van der Waals surface area (Å²) in [6.07, 6.45) is 1.46. The number of nitrogens with one attached hydrogen (secondary N) is 1. The Hall–Kier alpha value is -2.65. The Balaban J connectivity index is 3.30. The largest absolute Gasteiger partial charge is 0.463 e. The zero-order valence-corrected chi connectivity index (χ0v) is 15.5. The Morgan fingerprint density at radius 2 is 2.24 bits per heavy atom. The molecule has 0 saturated heterocycles. The van der Waals surface area contributed by atoms with E-state index >= 15 is 0 Å². The molecule has 1 rings (SSSR count). The topological polar surface area (TPSA) is 87.4 Å². The minimum absolute atomic E-state index is 0.111. The fourth-order valence-electron chi connectivity index (χ4n) is 1.80. The summed E-state index contributed by atoms with van der Waals surface area (Å²) in [6.45, 7) is 10.5. The molecule has 1 aromatic heterocycles. The molecule has 0 amide bonds. The molecule has 0 saturated carbocycles. The number of carbonyl (C=O) groups is 1. The van der Waals surface area contributed by atoms with Crippen LogP contribution < -0.4 is 5.32 Å². The lowest BCUT2D eigenvalue weighted by Gasteiger charge is -2.17. The normalized spacial score (nSPS) is 12.7.